The molecule has 0 saturated heterocycles. The van der Waals surface area contributed by atoms with Gasteiger partial charge in [-0.2, -0.15) is 0 Å². The third kappa shape index (κ3) is 5.57. The summed E-state index contributed by atoms with van der Waals surface area (Å²) in [6, 6.07) is 3.91. The van der Waals surface area contributed by atoms with Gasteiger partial charge in [-0.05, 0) is 57.1 Å². The van der Waals surface area contributed by atoms with Crippen LogP contribution in [0.25, 0.3) is 0 Å². The van der Waals surface area contributed by atoms with Crippen LogP contribution in [0.5, 0.6) is 0 Å². The number of benzene rings is 1. The molecule has 1 fully saturated rings. The Hall–Kier alpha value is -2.46. The van der Waals surface area contributed by atoms with E-state index in [1.807, 2.05) is 17.7 Å². The number of nitrogens with zero attached hydrogens (tertiary/aromatic N) is 3. The predicted octanol–water partition coefficient (Wildman–Crippen LogP) is 3.46. The average molecular weight is 436 g/mol. The van der Waals surface area contributed by atoms with E-state index in [0.29, 0.717) is 18.2 Å². The highest BCUT2D eigenvalue weighted by Crippen LogP contribution is 2.29. The summed E-state index contributed by atoms with van der Waals surface area (Å²) in [5, 5.41) is 14.6. The summed E-state index contributed by atoms with van der Waals surface area (Å²) >= 11 is 0. The highest BCUT2D eigenvalue weighted by atomic mass is 32.2. The largest absolute Gasteiger partial charge is 0.379 e. The molecule has 0 spiro atoms. The van der Waals surface area contributed by atoms with Gasteiger partial charge in [0, 0.05) is 37.6 Å². The lowest BCUT2D eigenvalue weighted by Gasteiger charge is -2.26. The molecule has 1 aromatic carbocycles. The normalized spacial score (nSPS) is 19.5. The monoisotopic (exact) mass is 435 g/mol. The van der Waals surface area contributed by atoms with Gasteiger partial charge in [-0.25, -0.2) is 18.1 Å². The molecule has 0 aliphatic heterocycles. The van der Waals surface area contributed by atoms with Crippen molar-refractivity contribution in [3.05, 3.63) is 46.5 Å². The van der Waals surface area contributed by atoms with Gasteiger partial charge in [0.15, 0.2) is 0 Å². The van der Waals surface area contributed by atoms with Gasteiger partial charge in [-0.15, -0.1) is 0 Å². The summed E-state index contributed by atoms with van der Waals surface area (Å²) in [4.78, 5) is 15.1. The Labute approximate surface area is 177 Å². The van der Waals surface area contributed by atoms with E-state index in [4.69, 9.17) is 0 Å². The summed E-state index contributed by atoms with van der Waals surface area (Å²) in [5.74, 6) is 1.52. The van der Waals surface area contributed by atoms with Gasteiger partial charge < -0.3 is 9.88 Å². The summed E-state index contributed by atoms with van der Waals surface area (Å²) in [6.07, 6.45) is 7.91. The fourth-order valence-electron chi connectivity index (χ4n) is 3.76. The first kappa shape index (κ1) is 22.2. The highest BCUT2D eigenvalue weighted by Gasteiger charge is 2.26. The van der Waals surface area contributed by atoms with E-state index in [2.05, 4.69) is 21.9 Å². The quantitative estimate of drug-likeness (QED) is 0.354. The molecule has 9 nitrogen and oxygen atoms in total. The molecule has 10 heteroatoms. The van der Waals surface area contributed by atoms with Gasteiger partial charge in [0.2, 0.25) is 10.0 Å². The van der Waals surface area contributed by atoms with Crippen LogP contribution in [0.4, 0.5) is 11.4 Å². The minimum Gasteiger partial charge on any atom is -0.379 e. The molecule has 1 aliphatic rings. The molecule has 2 N–H and O–H groups in total. The van der Waals surface area contributed by atoms with Crippen LogP contribution in [0.2, 0.25) is 0 Å². The van der Waals surface area contributed by atoms with Gasteiger partial charge in [0.25, 0.3) is 5.69 Å². The van der Waals surface area contributed by atoms with Crippen molar-refractivity contribution in [2.75, 3.05) is 11.9 Å². The van der Waals surface area contributed by atoms with E-state index < -0.39 is 14.9 Å². The lowest BCUT2D eigenvalue weighted by Crippen LogP contribution is -2.37. The molecule has 0 atom stereocenters. The van der Waals surface area contributed by atoms with Crippen molar-refractivity contribution in [3.63, 3.8) is 0 Å². The zero-order chi connectivity index (χ0) is 21.7. The number of anilines is 1. The fourth-order valence-corrected chi connectivity index (χ4v) is 5.08. The maximum atomic E-state index is 12.7. The second-order valence-electron chi connectivity index (χ2n) is 7.96. The zero-order valence-electron chi connectivity index (χ0n) is 17.4. The number of sulfonamides is 1. The van der Waals surface area contributed by atoms with Crippen molar-refractivity contribution in [1.29, 1.82) is 0 Å². The molecular weight excluding hydrogens is 406 g/mol. The van der Waals surface area contributed by atoms with Crippen LogP contribution in [0, 0.1) is 23.0 Å². The third-order valence-electron chi connectivity index (χ3n) is 5.63. The molecule has 0 unspecified atom stereocenters. The third-order valence-corrected chi connectivity index (χ3v) is 7.15. The Balaban J connectivity index is 1.65. The Kier molecular flexibility index (Phi) is 7.09. The number of nitrogens with one attached hydrogen (secondary N) is 2. The minimum absolute atomic E-state index is 0.0765. The smallest absolute Gasteiger partial charge is 0.293 e. The van der Waals surface area contributed by atoms with E-state index in [-0.39, 0.29) is 16.6 Å². The number of hydrogen-bond donors (Lipinski definition) is 2. The number of hydrogen-bond acceptors (Lipinski definition) is 6. The molecule has 1 heterocycles. The van der Waals surface area contributed by atoms with Gasteiger partial charge in [-0.1, -0.05) is 6.92 Å². The molecule has 1 saturated carbocycles. The lowest BCUT2D eigenvalue weighted by molar-refractivity contribution is -0.384. The Morgan fingerprint density at radius 2 is 2.00 bits per heavy atom. The van der Waals surface area contributed by atoms with Gasteiger partial charge in [0.1, 0.15) is 11.5 Å². The van der Waals surface area contributed by atoms with E-state index in [0.717, 1.165) is 50.5 Å². The first-order valence-corrected chi connectivity index (χ1v) is 11.8. The molecule has 30 heavy (non-hydrogen) atoms. The molecular formula is C20H29N5O4S. The van der Waals surface area contributed by atoms with Gasteiger partial charge >= 0.3 is 0 Å². The van der Waals surface area contributed by atoms with Crippen molar-refractivity contribution >= 4 is 21.4 Å². The van der Waals surface area contributed by atoms with Crippen LogP contribution in [0.1, 0.15) is 44.9 Å². The van der Waals surface area contributed by atoms with Crippen molar-refractivity contribution < 1.29 is 13.3 Å². The van der Waals surface area contributed by atoms with Crippen molar-refractivity contribution in [3.8, 4) is 0 Å². The molecule has 0 radical (unpaired) electrons. The summed E-state index contributed by atoms with van der Waals surface area (Å²) in [6.45, 7) is 5.34. The van der Waals surface area contributed by atoms with Crippen LogP contribution < -0.4 is 10.0 Å². The lowest BCUT2D eigenvalue weighted by atomic mass is 9.88. The molecule has 0 amide bonds. The van der Waals surface area contributed by atoms with Crippen LogP contribution >= 0.6 is 0 Å². The van der Waals surface area contributed by atoms with E-state index in [9.17, 15) is 18.5 Å². The van der Waals surface area contributed by atoms with Crippen molar-refractivity contribution in [2.45, 2.75) is 63.4 Å². The van der Waals surface area contributed by atoms with E-state index in [1.165, 1.54) is 12.1 Å². The maximum absolute atomic E-state index is 12.7. The number of imidazole rings is 1. The minimum atomic E-state index is -3.80. The standard InChI is InChI=1S/C20H29N5O4S/c1-15-4-6-17(7-5-15)23-30(28,29)18-8-9-19(20(14-18)25(26)27)22-10-3-12-24-13-11-21-16(24)2/h8-9,11,13-15,17,22-23H,3-7,10,12H2,1-2H3. The van der Waals surface area contributed by atoms with Crippen molar-refractivity contribution in [1.82, 2.24) is 14.3 Å². The molecule has 0 bridgehead atoms. The Bertz CT molecular complexity index is 981. The summed E-state index contributed by atoms with van der Waals surface area (Å²) < 4.78 is 30.2. The first-order chi connectivity index (χ1) is 14.3. The Morgan fingerprint density at radius 3 is 2.63 bits per heavy atom. The summed E-state index contributed by atoms with van der Waals surface area (Å²) in [5.41, 5.74) is 0.0711. The fraction of sp³-hybridized carbons (Fsp3) is 0.550. The molecule has 3 rings (SSSR count). The molecule has 164 valence electrons. The topological polar surface area (TPSA) is 119 Å². The number of nitro groups is 1. The Morgan fingerprint density at radius 1 is 1.27 bits per heavy atom. The van der Waals surface area contributed by atoms with Crippen LogP contribution in [0.3, 0.4) is 0 Å². The zero-order valence-corrected chi connectivity index (χ0v) is 18.2. The van der Waals surface area contributed by atoms with Gasteiger partial charge in [0.05, 0.1) is 9.82 Å². The van der Waals surface area contributed by atoms with Crippen LogP contribution in [0.15, 0.2) is 35.5 Å². The van der Waals surface area contributed by atoms with E-state index in [1.54, 1.807) is 6.20 Å². The number of rotatable bonds is 9. The number of aromatic nitrogens is 2. The number of nitro benzene ring substituents is 1. The molecule has 2 aromatic rings. The maximum Gasteiger partial charge on any atom is 0.293 e. The second-order valence-corrected chi connectivity index (χ2v) is 9.68. The first-order valence-electron chi connectivity index (χ1n) is 10.3. The van der Waals surface area contributed by atoms with E-state index >= 15 is 0 Å². The predicted molar refractivity (Wildman–Crippen MR) is 115 cm³/mol. The second kappa shape index (κ2) is 9.57. The highest BCUT2D eigenvalue weighted by molar-refractivity contribution is 7.89. The van der Waals surface area contributed by atoms with Crippen LogP contribution in [-0.2, 0) is 16.6 Å². The molecule has 1 aromatic heterocycles. The molecule has 1 aliphatic carbocycles. The SMILES string of the molecule is Cc1nccn1CCCNc1ccc(S(=O)(=O)NC2CCC(C)CC2)cc1[N+](=O)[O-]. The van der Waals surface area contributed by atoms with Gasteiger partial charge in [-0.3, -0.25) is 10.1 Å². The van der Waals surface area contributed by atoms with Crippen molar-refractivity contribution in [2.24, 2.45) is 5.92 Å². The average Bonchev–Trinajstić information content (AvgIpc) is 3.11. The summed E-state index contributed by atoms with van der Waals surface area (Å²) in [7, 11) is -3.80. The number of aryl methyl sites for hydroxylation is 2. The van der Waals surface area contributed by atoms with Crippen LogP contribution in [-0.4, -0.2) is 35.5 Å².